The van der Waals surface area contributed by atoms with Gasteiger partial charge in [0.15, 0.2) is 5.69 Å². The second-order valence-electron chi connectivity index (χ2n) is 4.07. The summed E-state index contributed by atoms with van der Waals surface area (Å²) in [5.74, 6) is 0.0751. The molecule has 2 aromatic heterocycles. The van der Waals surface area contributed by atoms with Crippen LogP contribution in [0.3, 0.4) is 0 Å². The Bertz CT molecular complexity index is 681. The van der Waals surface area contributed by atoms with Crippen LogP contribution >= 0.6 is 0 Å². The van der Waals surface area contributed by atoms with E-state index < -0.39 is 12.2 Å². The number of aromatic nitrogens is 4. The van der Waals surface area contributed by atoms with E-state index in [1.54, 1.807) is 26.1 Å². The molecule has 10 heteroatoms. The minimum atomic E-state index is -0.979. The van der Waals surface area contributed by atoms with Gasteiger partial charge in [0.1, 0.15) is 0 Å². The summed E-state index contributed by atoms with van der Waals surface area (Å²) in [7, 11) is 1.55. The zero-order valence-electron chi connectivity index (χ0n) is 11.9. The topological polar surface area (TPSA) is 134 Å². The highest BCUT2D eigenvalue weighted by atomic mass is 16.6. The van der Waals surface area contributed by atoms with Gasteiger partial charge in [0.25, 0.3) is 5.88 Å². The summed E-state index contributed by atoms with van der Waals surface area (Å²) < 4.78 is 10.9. The van der Waals surface area contributed by atoms with Gasteiger partial charge in [0, 0.05) is 7.05 Å². The first kappa shape index (κ1) is 15.2. The number of primary amides is 1. The van der Waals surface area contributed by atoms with E-state index >= 15 is 0 Å². The number of rotatable bonds is 4. The van der Waals surface area contributed by atoms with Crippen molar-refractivity contribution in [2.45, 2.75) is 6.92 Å². The second-order valence-corrected chi connectivity index (χ2v) is 4.07. The lowest BCUT2D eigenvalue weighted by Crippen LogP contribution is -2.18. The first-order valence-electron chi connectivity index (χ1n) is 6.28. The van der Waals surface area contributed by atoms with E-state index in [4.69, 9.17) is 15.2 Å². The third-order valence-electron chi connectivity index (χ3n) is 2.50. The van der Waals surface area contributed by atoms with Gasteiger partial charge >= 0.3 is 12.2 Å². The molecule has 22 heavy (non-hydrogen) atoms. The Morgan fingerprint density at radius 1 is 1.41 bits per heavy atom. The van der Waals surface area contributed by atoms with Crippen molar-refractivity contribution in [1.82, 2.24) is 20.0 Å². The molecule has 0 aromatic carbocycles. The van der Waals surface area contributed by atoms with Crippen LogP contribution in [0.4, 0.5) is 15.3 Å². The molecule has 0 bridgehead atoms. The normalized spacial score (nSPS) is 10.1. The van der Waals surface area contributed by atoms with Crippen molar-refractivity contribution in [3.63, 3.8) is 0 Å². The number of carbonyl (C=O) groups excluding carboxylic acids is 2. The number of carbonyl (C=O) groups is 2. The molecule has 2 amide bonds. The Hall–Kier alpha value is -3.17. The standard InChI is InChI=1S/C12H14N6O4/c1-3-21-12(20)15-7-4-5-8(14-6-7)9-10(22-11(13)19)18(2)17-16-9/h4-6H,3H2,1-2H3,(H2,13,19)(H,15,20). The highest BCUT2D eigenvalue weighted by Gasteiger charge is 2.17. The highest BCUT2D eigenvalue weighted by molar-refractivity contribution is 5.84. The molecule has 0 saturated carbocycles. The Balaban J connectivity index is 2.20. The van der Waals surface area contributed by atoms with Gasteiger partial charge < -0.3 is 15.2 Å². The SMILES string of the molecule is CCOC(=O)Nc1ccc(-c2nnn(C)c2OC(N)=O)nc1. The summed E-state index contributed by atoms with van der Waals surface area (Å²) in [5.41, 5.74) is 6.10. The maximum atomic E-state index is 11.3. The number of nitrogens with zero attached hydrogens (tertiary/aromatic N) is 4. The van der Waals surface area contributed by atoms with Crippen LogP contribution in [0.2, 0.25) is 0 Å². The van der Waals surface area contributed by atoms with Crippen LogP contribution in [0, 0.1) is 0 Å². The summed E-state index contributed by atoms with van der Waals surface area (Å²) in [6.07, 6.45) is -0.142. The van der Waals surface area contributed by atoms with E-state index in [0.717, 1.165) is 0 Å². The third kappa shape index (κ3) is 3.48. The van der Waals surface area contributed by atoms with Crippen LogP contribution in [0.1, 0.15) is 6.92 Å². The Kier molecular flexibility index (Phi) is 4.51. The Labute approximate surface area is 125 Å². The number of amides is 2. The van der Waals surface area contributed by atoms with Crippen molar-refractivity contribution in [3.8, 4) is 17.3 Å². The monoisotopic (exact) mass is 306 g/mol. The molecule has 0 fully saturated rings. The molecule has 10 nitrogen and oxygen atoms in total. The molecule has 0 spiro atoms. The lowest BCUT2D eigenvalue weighted by Gasteiger charge is -2.06. The van der Waals surface area contributed by atoms with Gasteiger partial charge in [0.05, 0.1) is 24.2 Å². The summed E-state index contributed by atoms with van der Waals surface area (Å²) in [6, 6.07) is 3.18. The van der Waals surface area contributed by atoms with Gasteiger partial charge in [-0.05, 0) is 19.1 Å². The maximum Gasteiger partial charge on any atom is 0.411 e. The number of anilines is 1. The number of ether oxygens (including phenoxy) is 2. The minimum Gasteiger partial charge on any atom is -0.450 e. The molecule has 2 heterocycles. The molecule has 0 aliphatic carbocycles. The molecule has 0 aliphatic rings. The van der Waals surface area contributed by atoms with E-state index in [-0.39, 0.29) is 18.2 Å². The van der Waals surface area contributed by atoms with Crippen LogP contribution in [0.5, 0.6) is 5.88 Å². The number of nitrogens with one attached hydrogen (secondary N) is 1. The maximum absolute atomic E-state index is 11.3. The van der Waals surface area contributed by atoms with Crippen molar-refractivity contribution in [2.75, 3.05) is 11.9 Å². The van der Waals surface area contributed by atoms with Crippen LogP contribution in [0.15, 0.2) is 18.3 Å². The molecular weight excluding hydrogens is 292 g/mol. The smallest absolute Gasteiger partial charge is 0.411 e. The first-order chi connectivity index (χ1) is 10.5. The van der Waals surface area contributed by atoms with Crippen LogP contribution in [0.25, 0.3) is 11.4 Å². The lowest BCUT2D eigenvalue weighted by molar-refractivity contribution is 0.168. The molecular formula is C12H14N6O4. The quantitative estimate of drug-likeness (QED) is 0.856. The third-order valence-corrected chi connectivity index (χ3v) is 2.50. The van der Waals surface area contributed by atoms with E-state index in [9.17, 15) is 9.59 Å². The number of hydrogen-bond acceptors (Lipinski definition) is 7. The molecule has 0 unspecified atom stereocenters. The molecule has 116 valence electrons. The number of nitrogens with two attached hydrogens (primary N) is 1. The molecule has 0 saturated heterocycles. The molecule has 2 rings (SSSR count). The first-order valence-corrected chi connectivity index (χ1v) is 6.28. The average molecular weight is 306 g/mol. The van der Waals surface area contributed by atoms with Crippen molar-refractivity contribution in [1.29, 1.82) is 0 Å². The lowest BCUT2D eigenvalue weighted by atomic mass is 10.2. The summed E-state index contributed by atoms with van der Waals surface area (Å²) in [6.45, 7) is 1.97. The predicted molar refractivity (Wildman–Crippen MR) is 75.1 cm³/mol. The van der Waals surface area contributed by atoms with Crippen molar-refractivity contribution in [3.05, 3.63) is 18.3 Å². The fourth-order valence-electron chi connectivity index (χ4n) is 1.61. The van der Waals surface area contributed by atoms with Gasteiger partial charge in [-0.15, -0.1) is 5.10 Å². The molecule has 3 N–H and O–H groups in total. The van der Waals surface area contributed by atoms with Crippen LogP contribution in [-0.4, -0.2) is 38.8 Å². The summed E-state index contributed by atoms with van der Waals surface area (Å²) in [4.78, 5) is 26.3. The van der Waals surface area contributed by atoms with Gasteiger partial charge in [-0.25, -0.2) is 14.3 Å². The van der Waals surface area contributed by atoms with E-state index in [1.807, 2.05) is 0 Å². The zero-order chi connectivity index (χ0) is 16.1. The van der Waals surface area contributed by atoms with E-state index in [0.29, 0.717) is 11.4 Å². The molecule has 0 radical (unpaired) electrons. The van der Waals surface area contributed by atoms with Gasteiger partial charge in [-0.3, -0.25) is 10.3 Å². The summed E-state index contributed by atoms with van der Waals surface area (Å²) in [5, 5.41) is 10.1. The largest absolute Gasteiger partial charge is 0.450 e. The van der Waals surface area contributed by atoms with Gasteiger partial charge in [-0.2, -0.15) is 0 Å². The Morgan fingerprint density at radius 3 is 2.77 bits per heavy atom. The fraction of sp³-hybridized carbons (Fsp3) is 0.250. The molecule has 0 atom stereocenters. The molecule has 2 aromatic rings. The predicted octanol–water partition coefficient (Wildman–Crippen LogP) is 0.903. The van der Waals surface area contributed by atoms with Crippen molar-refractivity contribution in [2.24, 2.45) is 12.8 Å². The van der Waals surface area contributed by atoms with E-state index in [1.165, 1.54) is 10.9 Å². The highest BCUT2D eigenvalue weighted by Crippen LogP contribution is 2.26. The van der Waals surface area contributed by atoms with Gasteiger partial charge in [-0.1, -0.05) is 5.21 Å². The van der Waals surface area contributed by atoms with E-state index in [2.05, 4.69) is 20.6 Å². The van der Waals surface area contributed by atoms with Crippen molar-refractivity contribution < 1.29 is 19.1 Å². The zero-order valence-corrected chi connectivity index (χ0v) is 11.9. The van der Waals surface area contributed by atoms with Gasteiger partial charge in [0.2, 0.25) is 0 Å². The fourth-order valence-corrected chi connectivity index (χ4v) is 1.61. The van der Waals surface area contributed by atoms with Crippen molar-refractivity contribution >= 4 is 17.9 Å². The van der Waals surface area contributed by atoms with Crippen LogP contribution in [-0.2, 0) is 11.8 Å². The number of aryl methyl sites for hydroxylation is 1. The Morgan fingerprint density at radius 2 is 2.18 bits per heavy atom. The van der Waals surface area contributed by atoms with Crippen LogP contribution < -0.4 is 15.8 Å². The summed E-state index contributed by atoms with van der Waals surface area (Å²) >= 11 is 0. The number of pyridine rings is 1. The molecule has 0 aliphatic heterocycles. The second kappa shape index (κ2) is 6.52. The number of hydrogen-bond donors (Lipinski definition) is 2. The average Bonchev–Trinajstić information content (AvgIpc) is 2.81. The minimum absolute atomic E-state index is 0.0751.